The van der Waals surface area contributed by atoms with Crippen LogP contribution in [-0.2, 0) is 37.1 Å². The lowest BCUT2D eigenvalue weighted by Gasteiger charge is -2.35. The van der Waals surface area contributed by atoms with E-state index in [1.807, 2.05) is 17.4 Å². The fourth-order valence-electron chi connectivity index (χ4n) is 4.41. The SMILES string of the molecule is Cc1cc(CN(C(=O)CCl)C2CCn3cncc3C2)cc2c1CCC2. The van der Waals surface area contributed by atoms with Gasteiger partial charge in [-0.1, -0.05) is 12.1 Å². The first-order valence-corrected chi connectivity index (χ1v) is 9.65. The highest BCUT2D eigenvalue weighted by atomic mass is 35.5. The second-order valence-electron chi connectivity index (χ2n) is 7.28. The summed E-state index contributed by atoms with van der Waals surface area (Å²) in [6.07, 6.45) is 9.20. The van der Waals surface area contributed by atoms with Crippen LogP contribution in [0.5, 0.6) is 0 Å². The van der Waals surface area contributed by atoms with Crippen LogP contribution in [0.3, 0.4) is 0 Å². The van der Waals surface area contributed by atoms with Crippen LogP contribution in [0.2, 0.25) is 0 Å². The number of fused-ring (bicyclic) bond motifs is 2. The third kappa shape index (κ3) is 3.20. The molecule has 1 aliphatic carbocycles. The summed E-state index contributed by atoms with van der Waals surface area (Å²) >= 11 is 5.93. The highest BCUT2D eigenvalue weighted by molar-refractivity contribution is 6.27. The van der Waals surface area contributed by atoms with Crippen LogP contribution in [0.25, 0.3) is 0 Å². The number of alkyl halides is 1. The molecule has 0 N–H and O–H groups in total. The van der Waals surface area contributed by atoms with E-state index in [2.05, 4.69) is 28.6 Å². The Hall–Kier alpha value is -1.81. The summed E-state index contributed by atoms with van der Waals surface area (Å²) in [6.45, 7) is 3.76. The minimum atomic E-state index is 0.0257. The first-order chi connectivity index (χ1) is 12.2. The number of hydrogen-bond donors (Lipinski definition) is 0. The predicted octanol–water partition coefficient (Wildman–Crippen LogP) is 3.26. The summed E-state index contributed by atoms with van der Waals surface area (Å²) < 4.78 is 2.18. The number of aryl methyl sites for hydroxylation is 3. The molecule has 2 heterocycles. The van der Waals surface area contributed by atoms with Gasteiger partial charge in [0.1, 0.15) is 5.88 Å². The van der Waals surface area contributed by atoms with Gasteiger partial charge in [-0.15, -0.1) is 11.6 Å². The lowest BCUT2D eigenvalue weighted by Crippen LogP contribution is -2.44. The molecule has 2 aromatic rings. The summed E-state index contributed by atoms with van der Waals surface area (Å²) in [4.78, 5) is 18.8. The van der Waals surface area contributed by atoms with Crippen molar-refractivity contribution in [3.63, 3.8) is 0 Å². The van der Waals surface area contributed by atoms with Crippen LogP contribution in [0.1, 0.15) is 40.8 Å². The van der Waals surface area contributed by atoms with Gasteiger partial charge in [0.15, 0.2) is 0 Å². The van der Waals surface area contributed by atoms with Crippen molar-refractivity contribution in [2.24, 2.45) is 0 Å². The molecule has 1 unspecified atom stereocenters. The average molecular weight is 358 g/mol. The van der Waals surface area contributed by atoms with Crippen LogP contribution >= 0.6 is 11.6 Å². The molecule has 1 aromatic heterocycles. The molecule has 25 heavy (non-hydrogen) atoms. The topological polar surface area (TPSA) is 38.1 Å². The maximum Gasteiger partial charge on any atom is 0.238 e. The number of benzene rings is 1. The van der Waals surface area contributed by atoms with Crippen LogP contribution in [0.15, 0.2) is 24.7 Å². The van der Waals surface area contributed by atoms with E-state index in [9.17, 15) is 4.79 Å². The van der Waals surface area contributed by atoms with Crippen LogP contribution in [-0.4, -0.2) is 32.3 Å². The lowest BCUT2D eigenvalue weighted by atomic mass is 9.98. The number of carbonyl (C=O) groups excluding carboxylic acids is 1. The molecule has 1 amide bonds. The molecule has 0 fully saturated rings. The monoisotopic (exact) mass is 357 g/mol. The smallest absolute Gasteiger partial charge is 0.238 e. The van der Waals surface area contributed by atoms with Gasteiger partial charge in [-0.25, -0.2) is 4.98 Å². The van der Waals surface area contributed by atoms with Gasteiger partial charge in [-0.05, 0) is 54.9 Å². The molecule has 0 spiro atoms. The summed E-state index contributed by atoms with van der Waals surface area (Å²) in [5.41, 5.74) is 6.78. The maximum absolute atomic E-state index is 12.6. The van der Waals surface area contributed by atoms with Gasteiger partial charge < -0.3 is 9.47 Å². The predicted molar refractivity (Wildman–Crippen MR) is 98.8 cm³/mol. The number of rotatable bonds is 4. The second-order valence-corrected chi connectivity index (χ2v) is 7.55. The van der Waals surface area contributed by atoms with Crippen molar-refractivity contribution in [3.8, 4) is 0 Å². The molecule has 0 saturated carbocycles. The zero-order valence-electron chi connectivity index (χ0n) is 14.7. The van der Waals surface area contributed by atoms with Gasteiger partial charge in [0.05, 0.1) is 6.33 Å². The summed E-state index contributed by atoms with van der Waals surface area (Å²) in [7, 11) is 0. The number of halogens is 1. The molecule has 0 bridgehead atoms. The summed E-state index contributed by atoms with van der Waals surface area (Å²) in [6, 6.07) is 4.76. The first kappa shape index (κ1) is 16.6. The Morgan fingerprint density at radius 3 is 3.12 bits per heavy atom. The van der Waals surface area contributed by atoms with E-state index < -0.39 is 0 Å². The van der Waals surface area contributed by atoms with Crippen molar-refractivity contribution in [3.05, 3.63) is 52.6 Å². The molecule has 132 valence electrons. The fraction of sp³-hybridized carbons (Fsp3) is 0.500. The van der Waals surface area contributed by atoms with Gasteiger partial charge >= 0.3 is 0 Å². The molecule has 0 saturated heterocycles. The van der Waals surface area contributed by atoms with Gasteiger partial charge in [-0.3, -0.25) is 4.79 Å². The van der Waals surface area contributed by atoms with Gasteiger partial charge in [0.2, 0.25) is 5.91 Å². The Morgan fingerprint density at radius 1 is 1.40 bits per heavy atom. The maximum atomic E-state index is 12.6. The number of amides is 1. The van der Waals surface area contributed by atoms with Crippen LogP contribution in [0, 0.1) is 6.92 Å². The number of imidazole rings is 1. The largest absolute Gasteiger partial charge is 0.334 e. The van der Waals surface area contributed by atoms with E-state index in [1.165, 1.54) is 40.8 Å². The molecular weight excluding hydrogens is 334 g/mol. The average Bonchev–Trinajstić information content (AvgIpc) is 3.27. The Morgan fingerprint density at radius 2 is 2.28 bits per heavy atom. The zero-order chi connectivity index (χ0) is 17.4. The third-order valence-electron chi connectivity index (χ3n) is 5.67. The zero-order valence-corrected chi connectivity index (χ0v) is 15.4. The molecule has 5 heteroatoms. The standard InChI is InChI=1S/C20H24ClN3O/c1-14-7-15(8-16-3-2-4-19(14)16)12-24(20(25)10-21)17-5-6-23-13-22-11-18(23)9-17/h7-8,11,13,17H,2-6,9-10,12H2,1H3. The molecule has 1 aromatic carbocycles. The molecule has 4 rings (SSSR count). The third-order valence-corrected chi connectivity index (χ3v) is 5.90. The first-order valence-electron chi connectivity index (χ1n) is 9.11. The Balaban J connectivity index is 1.58. The van der Waals surface area contributed by atoms with E-state index in [4.69, 9.17) is 11.6 Å². The molecular formula is C20H24ClN3O. The molecule has 1 atom stereocenters. The molecule has 0 radical (unpaired) electrons. The van der Waals surface area contributed by atoms with Crippen molar-refractivity contribution in [2.45, 2.75) is 58.2 Å². The minimum absolute atomic E-state index is 0.0257. The van der Waals surface area contributed by atoms with Crippen molar-refractivity contribution < 1.29 is 4.79 Å². The highest BCUT2D eigenvalue weighted by Gasteiger charge is 2.28. The summed E-state index contributed by atoms with van der Waals surface area (Å²) in [5.74, 6) is 0.0671. The van der Waals surface area contributed by atoms with Gasteiger partial charge in [-0.2, -0.15) is 0 Å². The van der Waals surface area contributed by atoms with Gasteiger partial charge in [0.25, 0.3) is 0 Å². The molecule has 1 aliphatic heterocycles. The van der Waals surface area contributed by atoms with Crippen molar-refractivity contribution in [1.29, 1.82) is 0 Å². The Labute approximate surface area is 153 Å². The van der Waals surface area contributed by atoms with E-state index in [-0.39, 0.29) is 17.8 Å². The van der Waals surface area contributed by atoms with Crippen LogP contribution < -0.4 is 0 Å². The van der Waals surface area contributed by atoms with E-state index in [1.54, 1.807) is 0 Å². The summed E-state index contributed by atoms with van der Waals surface area (Å²) in [5, 5.41) is 0. The van der Waals surface area contributed by atoms with Crippen LogP contribution in [0.4, 0.5) is 0 Å². The number of nitrogens with zero attached hydrogens (tertiary/aromatic N) is 3. The van der Waals surface area contributed by atoms with E-state index in [0.29, 0.717) is 6.54 Å². The molecule has 4 nitrogen and oxygen atoms in total. The molecule has 2 aliphatic rings. The van der Waals surface area contributed by atoms with Gasteiger partial charge in [0, 0.05) is 37.4 Å². The number of aromatic nitrogens is 2. The van der Waals surface area contributed by atoms with E-state index in [0.717, 1.165) is 25.8 Å². The number of carbonyl (C=O) groups is 1. The number of hydrogen-bond acceptors (Lipinski definition) is 2. The normalized spacial score (nSPS) is 18.7. The Bertz CT molecular complexity index is 798. The van der Waals surface area contributed by atoms with Crippen molar-refractivity contribution >= 4 is 17.5 Å². The second kappa shape index (κ2) is 6.83. The quantitative estimate of drug-likeness (QED) is 0.788. The van der Waals surface area contributed by atoms with E-state index >= 15 is 0 Å². The van der Waals surface area contributed by atoms with Crippen molar-refractivity contribution in [1.82, 2.24) is 14.5 Å². The van der Waals surface area contributed by atoms with Crippen molar-refractivity contribution in [2.75, 3.05) is 5.88 Å². The Kier molecular flexibility index (Phi) is 4.55. The lowest BCUT2D eigenvalue weighted by molar-refractivity contribution is -0.131. The fourth-order valence-corrected chi connectivity index (χ4v) is 4.56. The highest BCUT2D eigenvalue weighted by Crippen LogP contribution is 2.28. The minimum Gasteiger partial charge on any atom is -0.334 e.